The zero-order chi connectivity index (χ0) is 23.8. The number of thioether (sulfide) groups is 1. The van der Waals surface area contributed by atoms with E-state index in [9.17, 15) is 4.79 Å². The Hall–Kier alpha value is -3.58. The maximum Gasteiger partial charge on any atom is 0.277 e. The first-order valence-corrected chi connectivity index (χ1v) is 12.0. The first kappa shape index (κ1) is 23.6. The van der Waals surface area contributed by atoms with Gasteiger partial charge in [0.1, 0.15) is 5.75 Å². The van der Waals surface area contributed by atoms with Crippen molar-refractivity contribution < 1.29 is 13.9 Å². The molecule has 6 nitrogen and oxygen atoms in total. The number of aromatic nitrogens is 2. The maximum atomic E-state index is 13.4. The van der Waals surface area contributed by atoms with Crippen molar-refractivity contribution >= 4 is 17.7 Å². The zero-order valence-corrected chi connectivity index (χ0v) is 20.1. The molecule has 0 saturated heterocycles. The molecule has 1 aromatic heterocycles. The number of nitrogens with zero attached hydrogens (tertiary/aromatic N) is 3. The zero-order valence-electron chi connectivity index (χ0n) is 19.3. The number of aryl methyl sites for hydroxylation is 1. The van der Waals surface area contributed by atoms with Crippen molar-refractivity contribution in [2.75, 3.05) is 0 Å². The molecule has 0 aliphatic rings. The summed E-state index contributed by atoms with van der Waals surface area (Å²) in [7, 11) is 0. The van der Waals surface area contributed by atoms with Gasteiger partial charge in [0.2, 0.25) is 5.91 Å². The highest BCUT2D eigenvalue weighted by molar-refractivity contribution is 8.00. The van der Waals surface area contributed by atoms with Crippen LogP contribution in [0.5, 0.6) is 5.75 Å². The number of carbonyl (C=O) groups excluding carboxylic acids is 1. The monoisotopic (exact) mass is 473 g/mol. The van der Waals surface area contributed by atoms with E-state index in [0.717, 1.165) is 22.4 Å². The first-order valence-electron chi connectivity index (χ1n) is 11.1. The third-order valence-electron chi connectivity index (χ3n) is 5.20. The van der Waals surface area contributed by atoms with Gasteiger partial charge in [0.15, 0.2) is 6.61 Å². The molecule has 1 unspecified atom stereocenters. The fraction of sp³-hybridized carbons (Fsp3) is 0.222. The van der Waals surface area contributed by atoms with Crippen LogP contribution in [-0.2, 0) is 24.5 Å². The van der Waals surface area contributed by atoms with E-state index >= 15 is 0 Å². The molecule has 0 bridgehead atoms. The van der Waals surface area contributed by atoms with Gasteiger partial charge in [0, 0.05) is 13.1 Å². The minimum Gasteiger partial charge on any atom is -0.484 e. The van der Waals surface area contributed by atoms with Crippen LogP contribution in [0.2, 0.25) is 0 Å². The van der Waals surface area contributed by atoms with Gasteiger partial charge in [-0.15, -0.1) is 10.2 Å². The molecule has 34 heavy (non-hydrogen) atoms. The van der Waals surface area contributed by atoms with Gasteiger partial charge in [-0.3, -0.25) is 4.79 Å². The molecule has 0 saturated carbocycles. The summed E-state index contributed by atoms with van der Waals surface area (Å²) in [6.07, 6.45) is 0. The summed E-state index contributed by atoms with van der Waals surface area (Å²) in [5.74, 6) is 1.11. The number of hydrogen-bond acceptors (Lipinski definition) is 6. The predicted octanol–water partition coefficient (Wildman–Crippen LogP) is 5.67. The minimum atomic E-state index is -0.390. The molecule has 1 atom stereocenters. The van der Waals surface area contributed by atoms with Crippen LogP contribution >= 0.6 is 11.8 Å². The summed E-state index contributed by atoms with van der Waals surface area (Å²) in [5.41, 5.74) is 3.32. The standard InChI is InChI=1S/C27H27N3O3S/c1-20-13-15-24(16-14-20)32-19-25-28-29-27(33-25)34-21(2)26(31)30(17-22-9-5-3-6-10-22)18-23-11-7-4-8-12-23/h3-16,21H,17-19H2,1-2H3. The average molecular weight is 474 g/mol. The van der Waals surface area contributed by atoms with Crippen molar-refractivity contribution in [2.24, 2.45) is 0 Å². The van der Waals surface area contributed by atoms with E-state index in [4.69, 9.17) is 9.15 Å². The maximum absolute atomic E-state index is 13.4. The summed E-state index contributed by atoms with van der Waals surface area (Å²) < 4.78 is 11.4. The van der Waals surface area contributed by atoms with Crippen molar-refractivity contribution in [3.63, 3.8) is 0 Å². The molecule has 1 heterocycles. The Morgan fingerprint density at radius 2 is 1.50 bits per heavy atom. The molecular formula is C27H27N3O3S. The van der Waals surface area contributed by atoms with Crippen molar-refractivity contribution in [2.45, 2.75) is 44.0 Å². The Morgan fingerprint density at radius 3 is 2.09 bits per heavy atom. The van der Waals surface area contributed by atoms with E-state index in [1.54, 1.807) is 0 Å². The smallest absolute Gasteiger partial charge is 0.277 e. The number of rotatable bonds is 10. The summed E-state index contributed by atoms with van der Waals surface area (Å²) in [4.78, 5) is 15.3. The molecule has 1 amide bonds. The topological polar surface area (TPSA) is 68.5 Å². The lowest BCUT2D eigenvalue weighted by molar-refractivity contribution is -0.131. The fourth-order valence-electron chi connectivity index (χ4n) is 3.40. The molecule has 0 aliphatic carbocycles. The number of carbonyl (C=O) groups is 1. The minimum absolute atomic E-state index is 0.00774. The van der Waals surface area contributed by atoms with E-state index in [-0.39, 0.29) is 12.5 Å². The second-order valence-electron chi connectivity index (χ2n) is 7.99. The largest absolute Gasteiger partial charge is 0.484 e. The van der Waals surface area contributed by atoms with Crippen LogP contribution in [0.15, 0.2) is 94.6 Å². The number of amides is 1. The third kappa shape index (κ3) is 6.71. The Labute approximate surface area is 204 Å². The van der Waals surface area contributed by atoms with E-state index < -0.39 is 5.25 Å². The quantitative estimate of drug-likeness (QED) is 0.277. The number of benzene rings is 3. The second kappa shape index (κ2) is 11.5. The Morgan fingerprint density at radius 1 is 0.912 bits per heavy atom. The lowest BCUT2D eigenvalue weighted by Crippen LogP contribution is -2.35. The van der Waals surface area contributed by atoms with Gasteiger partial charge < -0.3 is 14.1 Å². The first-order chi connectivity index (χ1) is 16.6. The van der Waals surface area contributed by atoms with Gasteiger partial charge in [0.05, 0.1) is 5.25 Å². The van der Waals surface area contributed by atoms with E-state index in [1.807, 2.05) is 104 Å². The molecular weight excluding hydrogens is 446 g/mol. The summed E-state index contributed by atoms with van der Waals surface area (Å²) in [6, 6.07) is 27.8. The Balaban J connectivity index is 1.39. The van der Waals surface area contributed by atoms with Crippen LogP contribution in [0.4, 0.5) is 0 Å². The van der Waals surface area contributed by atoms with Gasteiger partial charge in [-0.2, -0.15) is 0 Å². The third-order valence-corrected chi connectivity index (χ3v) is 6.12. The molecule has 0 radical (unpaired) electrons. The van der Waals surface area contributed by atoms with Gasteiger partial charge in [-0.05, 0) is 37.1 Å². The predicted molar refractivity (Wildman–Crippen MR) is 132 cm³/mol. The number of hydrogen-bond donors (Lipinski definition) is 0. The summed E-state index contributed by atoms with van der Waals surface area (Å²) in [6.45, 7) is 5.11. The van der Waals surface area contributed by atoms with Gasteiger partial charge in [0.25, 0.3) is 11.1 Å². The summed E-state index contributed by atoms with van der Waals surface area (Å²) >= 11 is 1.26. The Bertz CT molecular complexity index is 1140. The average Bonchev–Trinajstić information content (AvgIpc) is 3.31. The molecule has 4 aromatic rings. The lowest BCUT2D eigenvalue weighted by Gasteiger charge is -2.25. The van der Waals surface area contributed by atoms with Crippen LogP contribution in [0.3, 0.4) is 0 Å². The van der Waals surface area contributed by atoms with Crippen LogP contribution in [-0.4, -0.2) is 26.3 Å². The molecule has 0 fully saturated rings. The highest BCUT2D eigenvalue weighted by atomic mass is 32.2. The van der Waals surface area contributed by atoms with Crippen LogP contribution in [0.1, 0.15) is 29.5 Å². The van der Waals surface area contributed by atoms with Gasteiger partial charge in [-0.1, -0.05) is 90.1 Å². The molecule has 7 heteroatoms. The molecule has 3 aromatic carbocycles. The fourth-order valence-corrected chi connectivity index (χ4v) is 4.19. The van der Waals surface area contributed by atoms with Crippen molar-refractivity contribution in [3.8, 4) is 5.75 Å². The van der Waals surface area contributed by atoms with Crippen LogP contribution in [0, 0.1) is 6.92 Å². The summed E-state index contributed by atoms with van der Waals surface area (Å²) in [5, 5.41) is 8.10. The van der Waals surface area contributed by atoms with Crippen LogP contribution < -0.4 is 4.74 Å². The van der Waals surface area contributed by atoms with Crippen molar-refractivity contribution in [1.82, 2.24) is 15.1 Å². The van der Waals surface area contributed by atoms with Crippen molar-refractivity contribution in [1.29, 1.82) is 0 Å². The van der Waals surface area contributed by atoms with Gasteiger partial charge in [-0.25, -0.2) is 0 Å². The van der Waals surface area contributed by atoms with Gasteiger partial charge >= 0.3 is 0 Å². The molecule has 0 N–H and O–H groups in total. The van der Waals surface area contributed by atoms with Crippen molar-refractivity contribution in [3.05, 3.63) is 108 Å². The highest BCUT2D eigenvalue weighted by Crippen LogP contribution is 2.25. The second-order valence-corrected chi connectivity index (χ2v) is 9.28. The Kier molecular flexibility index (Phi) is 7.99. The van der Waals surface area contributed by atoms with Crippen LogP contribution in [0.25, 0.3) is 0 Å². The normalized spacial score (nSPS) is 11.7. The molecule has 0 spiro atoms. The molecule has 4 rings (SSSR count). The highest BCUT2D eigenvalue weighted by Gasteiger charge is 2.24. The SMILES string of the molecule is Cc1ccc(OCc2nnc(SC(C)C(=O)N(Cc3ccccc3)Cc3ccccc3)o2)cc1. The molecule has 0 aliphatic heterocycles. The van der Waals surface area contributed by atoms with E-state index in [2.05, 4.69) is 10.2 Å². The van der Waals surface area contributed by atoms with E-state index in [0.29, 0.717) is 24.2 Å². The number of ether oxygens (including phenoxy) is 1. The molecule has 174 valence electrons. The lowest BCUT2D eigenvalue weighted by atomic mass is 10.1. The van der Waals surface area contributed by atoms with E-state index in [1.165, 1.54) is 11.8 Å².